The van der Waals surface area contributed by atoms with Gasteiger partial charge in [0.1, 0.15) is 5.75 Å². The van der Waals surface area contributed by atoms with Gasteiger partial charge in [0.2, 0.25) is 0 Å². The Kier molecular flexibility index (Phi) is 4.76. The number of carbonyl (C=O) groups excluding carboxylic acids is 1. The van der Waals surface area contributed by atoms with Crippen molar-refractivity contribution in [1.29, 1.82) is 0 Å². The van der Waals surface area contributed by atoms with Gasteiger partial charge < -0.3 is 10.1 Å². The van der Waals surface area contributed by atoms with Crippen LogP contribution in [0, 0.1) is 13.8 Å². The lowest BCUT2D eigenvalue weighted by atomic mass is 10.1. The summed E-state index contributed by atoms with van der Waals surface area (Å²) in [6, 6.07) is 8.77. The van der Waals surface area contributed by atoms with E-state index in [0.29, 0.717) is 27.0 Å². The molecular weight excluding hydrogens is 309 g/mol. The van der Waals surface area contributed by atoms with Crippen LogP contribution in [0.25, 0.3) is 0 Å². The summed E-state index contributed by atoms with van der Waals surface area (Å²) in [5.74, 6) is -0.0121. The van der Waals surface area contributed by atoms with Gasteiger partial charge in [0.15, 0.2) is 0 Å². The molecule has 0 aliphatic heterocycles. The van der Waals surface area contributed by atoms with Crippen LogP contribution in [0.15, 0.2) is 30.3 Å². The van der Waals surface area contributed by atoms with Gasteiger partial charge in [0.05, 0.1) is 17.7 Å². The summed E-state index contributed by atoms with van der Waals surface area (Å²) in [6.07, 6.45) is 0. The molecule has 0 spiro atoms. The summed E-state index contributed by atoms with van der Waals surface area (Å²) in [5, 5.41) is 3.50. The highest BCUT2D eigenvalue weighted by atomic mass is 35.5. The minimum Gasteiger partial charge on any atom is -0.494 e. The van der Waals surface area contributed by atoms with Crippen molar-refractivity contribution < 1.29 is 9.53 Å². The van der Waals surface area contributed by atoms with Crippen LogP contribution in [0.1, 0.15) is 21.5 Å². The number of hydrogen-bond donors (Lipinski definition) is 1. The molecule has 2 aromatic carbocycles. The Balaban J connectivity index is 2.34. The zero-order valence-electron chi connectivity index (χ0n) is 12.0. The van der Waals surface area contributed by atoms with Gasteiger partial charge in [0, 0.05) is 10.7 Å². The summed E-state index contributed by atoms with van der Waals surface area (Å²) in [5.41, 5.74) is 3.27. The molecule has 0 fully saturated rings. The molecule has 0 aliphatic rings. The molecular formula is C16H15Cl2NO2. The number of aryl methyl sites for hydroxylation is 2. The van der Waals surface area contributed by atoms with Crippen LogP contribution in [0.4, 0.5) is 5.69 Å². The number of anilines is 1. The smallest absolute Gasteiger partial charge is 0.259 e. The predicted molar refractivity (Wildman–Crippen MR) is 86.9 cm³/mol. The van der Waals surface area contributed by atoms with Crippen LogP contribution in [0.2, 0.25) is 10.0 Å². The first-order valence-electron chi connectivity index (χ1n) is 6.34. The second-order valence-corrected chi connectivity index (χ2v) is 5.57. The molecule has 5 heteroatoms. The molecule has 1 amide bonds. The molecule has 0 saturated carbocycles. The van der Waals surface area contributed by atoms with Gasteiger partial charge in [-0.2, -0.15) is 0 Å². The molecule has 3 nitrogen and oxygen atoms in total. The summed E-state index contributed by atoms with van der Waals surface area (Å²) >= 11 is 12.0. The molecule has 0 bridgehead atoms. The van der Waals surface area contributed by atoms with E-state index in [-0.39, 0.29) is 5.91 Å². The number of halogens is 2. The van der Waals surface area contributed by atoms with Crippen molar-refractivity contribution in [2.24, 2.45) is 0 Å². The van der Waals surface area contributed by atoms with E-state index in [1.165, 1.54) is 19.2 Å². The van der Waals surface area contributed by atoms with E-state index >= 15 is 0 Å². The fourth-order valence-electron chi connectivity index (χ4n) is 1.95. The maximum Gasteiger partial charge on any atom is 0.259 e. The fourth-order valence-corrected chi connectivity index (χ4v) is 2.52. The molecule has 0 atom stereocenters. The number of hydrogen-bond acceptors (Lipinski definition) is 2. The van der Waals surface area contributed by atoms with Gasteiger partial charge in [-0.25, -0.2) is 0 Å². The Hall–Kier alpha value is -1.71. The minimum atomic E-state index is -0.320. The second kappa shape index (κ2) is 6.37. The van der Waals surface area contributed by atoms with Crippen molar-refractivity contribution >= 4 is 34.8 Å². The van der Waals surface area contributed by atoms with E-state index < -0.39 is 0 Å². The molecule has 0 saturated heterocycles. The maximum atomic E-state index is 12.4. The first-order valence-corrected chi connectivity index (χ1v) is 7.09. The molecule has 0 heterocycles. The van der Waals surface area contributed by atoms with Crippen LogP contribution in [-0.2, 0) is 0 Å². The summed E-state index contributed by atoms with van der Waals surface area (Å²) in [7, 11) is 1.46. The van der Waals surface area contributed by atoms with Crippen LogP contribution in [0.3, 0.4) is 0 Å². The third-order valence-corrected chi connectivity index (χ3v) is 3.72. The predicted octanol–water partition coefficient (Wildman–Crippen LogP) is 4.87. The molecule has 0 radical (unpaired) electrons. The van der Waals surface area contributed by atoms with Crippen molar-refractivity contribution in [3.05, 3.63) is 57.1 Å². The van der Waals surface area contributed by atoms with E-state index in [9.17, 15) is 4.79 Å². The van der Waals surface area contributed by atoms with E-state index in [2.05, 4.69) is 5.32 Å². The number of methoxy groups -OCH3 is 1. The molecule has 110 valence electrons. The van der Waals surface area contributed by atoms with Gasteiger partial charge >= 0.3 is 0 Å². The Morgan fingerprint density at radius 2 is 1.81 bits per heavy atom. The zero-order chi connectivity index (χ0) is 15.6. The van der Waals surface area contributed by atoms with Crippen molar-refractivity contribution in [2.45, 2.75) is 13.8 Å². The molecule has 2 aromatic rings. The molecule has 21 heavy (non-hydrogen) atoms. The van der Waals surface area contributed by atoms with Crippen molar-refractivity contribution in [1.82, 2.24) is 0 Å². The van der Waals surface area contributed by atoms with Crippen molar-refractivity contribution in [3.8, 4) is 5.75 Å². The summed E-state index contributed by atoms with van der Waals surface area (Å²) in [6.45, 7) is 4.00. The normalized spacial score (nSPS) is 10.3. The summed E-state index contributed by atoms with van der Waals surface area (Å²) < 4.78 is 5.18. The van der Waals surface area contributed by atoms with Crippen LogP contribution >= 0.6 is 23.2 Å². The lowest BCUT2D eigenvalue weighted by Gasteiger charge is -2.12. The Morgan fingerprint density at radius 3 is 2.43 bits per heavy atom. The Bertz CT molecular complexity index is 699. The SMILES string of the molecule is COc1c(Cl)cc(Cl)cc1C(=O)Nc1ccc(C)c(C)c1. The van der Waals surface area contributed by atoms with E-state index in [1.807, 2.05) is 32.0 Å². The molecule has 1 N–H and O–H groups in total. The van der Waals surface area contributed by atoms with Gasteiger partial charge in [-0.15, -0.1) is 0 Å². The molecule has 2 rings (SSSR count). The van der Waals surface area contributed by atoms with E-state index in [4.69, 9.17) is 27.9 Å². The van der Waals surface area contributed by atoms with E-state index in [0.717, 1.165) is 11.1 Å². The fraction of sp³-hybridized carbons (Fsp3) is 0.188. The number of carbonyl (C=O) groups is 1. The topological polar surface area (TPSA) is 38.3 Å². The van der Waals surface area contributed by atoms with E-state index in [1.54, 1.807) is 0 Å². The highest BCUT2D eigenvalue weighted by molar-refractivity contribution is 6.36. The minimum absolute atomic E-state index is 0.299. The maximum absolute atomic E-state index is 12.4. The lowest BCUT2D eigenvalue weighted by Crippen LogP contribution is -2.13. The third kappa shape index (κ3) is 3.49. The number of amides is 1. The summed E-state index contributed by atoms with van der Waals surface area (Å²) in [4.78, 5) is 12.4. The number of nitrogens with one attached hydrogen (secondary N) is 1. The van der Waals surface area contributed by atoms with Crippen LogP contribution < -0.4 is 10.1 Å². The van der Waals surface area contributed by atoms with Crippen molar-refractivity contribution in [2.75, 3.05) is 12.4 Å². The van der Waals surface area contributed by atoms with Gasteiger partial charge in [-0.3, -0.25) is 4.79 Å². The van der Waals surface area contributed by atoms with Gasteiger partial charge in [-0.05, 0) is 49.2 Å². The average Bonchev–Trinajstić information content (AvgIpc) is 2.42. The second-order valence-electron chi connectivity index (χ2n) is 4.72. The largest absolute Gasteiger partial charge is 0.494 e. The number of benzene rings is 2. The molecule has 0 aliphatic carbocycles. The Morgan fingerprint density at radius 1 is 1.10 bits per heavy atom. The molecule has 0 aromatic heterocycles. The van der Waals surface area contributed by atoms with Crippen molar-refractivity contribution in [3.63, 3.8) is 0 Å². The Labute approximate surface area is 133 Å². The first kappa shape index (κ1) is 15.7. The first-order chi connectivity index (χ1) is 9.92. The van der Waals surface area contributed by atoms with Crippen LogP contribution in [-0.4, -0.2) is 13.0 Å². The monoisotopic (exact) mass is 323 g/mol. The standard InChI is InChI=1S/C16H15Cl2NO2/c1-9-4-5-12(6-10(9)2)19-16(20)13-7-11(17)8-14(18)15(13)21-3/h4-8H,1-3H3,(H,19,20). The quantitative estimate of drug-likeness (QED) is 0.874. The number of ether oxygens (including phenoxy) is 1. The highest BCUT2D eigenvalue weighted by Crippen LogP contribution is 2.32. The highest BCUT2D eigenvalue weighted by Gasteiger charge is 2.17. The zero-order valence-corrected chi connectivity index (χ0v) is 13.5. The van der Waals surface area contributed by atoms with Gasteiger partial charge in [0.25, 0.3) is 5.91 Å². The lowest BCUT2D eigenvalue weighted by molar-refractivity contribution is 0.102. The average molecular weight is 324 g/mol. The van der Waals surface area contributed by atoms with Crippen LogP contribution in [0.5, 0.6) is 5.75 Å². The number of rotatable bonds is 3. The third-order valence-electron chi connectivity index (χ3n) is 3.22. The molecule has 0 unspecified atom stereocenters. The van der Waals surface area contributed by atoms with Gasteiger partial charge in [-0.1, -0.05) is 29.3 Å².